The molecule has 0 fully saturated rings. The summed E-state index contributed by atoms with van der Waals surface area (Å²) >= 11 is 1.76. The molecule has 12 rings (SSSR count). The van der Waals surface area contributed by atoms with Gasteiger partial charge in [-0.25, -0.2) is 9.97 Å². The Morgan fingerprint density at radius 2 is 1.29 bits per heavy atom. The van der Waals surface area contributed by atoms with Crippen molar-refractivity contribution in [3.8, 4) is 39.4 Å². The van der Waals surface area contributed by atoms with Gasteiger partial charge in [0.15, 0.2) is 5.82 Å². The molecule has 0 saturated carbocycles. The molecule has 5 heteroatoms. The van der Waals surface area contributed by atoms with Gasteiger partial charge in [-0.1, -0.05) is 133 Å². The molecule has 1 atom stereocenters. The molecule has 0 N–H and O–H groups in total. The van der Waals surface area contributed by atoms with Gasteiger partial charge in [0.2, 0.25) is 0 Å². The molecule has 0 bridgehead atoms. The summed E-state index contributed by atoms with van der Waals surface area (Å²) < 4.78 is 15.7. The van der Waals surface area contributed by atoms with Gasteiger partial charge in [0.25, 0.3) is 0 Å². The van der Waals surface area contributed by atoms with Crippen molar-refractivity contribution in [2.45, 2.75) is 12.5 Å². The highest BCUT2D eigenvalue weighted by Gasteiger charge is 2.32. The van der Waals surface area contributed by atoms with Crippen LogP contribution in [0.2, 0.25) is 0 Å². The van der Waals surface area contributed by atoms with Gasteiger partial charge in [0.05, 0.1) is 21.5 Å². The number of ether oxygens (including phenoxy) is 1. The molecule has 1 unspecified atom stereocenters. The van der Waals surface area contributed by atoms with E-state index in [9.17, 15) is 0 Å². The third-order valence-corrected chi connectivity index (χ3v) is 12.4. The second kappa shape index (κ2) is 11.8. The fourth-order valence-electron chi connectivity index (χ4n) is 8.68. The fraction of sp³-hybridized carbons (Fsp3) is 0.0400. The van der Waals surface area contributed by atoms with Gasteiger partial charge in [-0.05, 0) is 68.9 Å². The Kier molecular flexibility index (Phi) is 6.59. The van der Waals surface area contributed by atoms with E-state index < -0.39 is 0 Å². The maximum atomic E-state index is 6.96. The zero-order valence-electron chi connectivity index (χ0n) is 29.5. The van der Waals surface area contributed by atoms with Crippen LogP contribution >= 0.6 is 11.3 Å². The SMILES string of the molecule is C1=C(c2nc(-c3cccc4c3oc3cc(-c5cccc(-c6ccccc6)c5)c5ccccc5c34)nc3c2sc2ccccc23)CC2Oc3ccccc3C2=C1. The molecule has 0 radical (unpaired) electrons. The number of rotatable bonds is 4. The number of furan rings is 1. The third kappa shape index (κ3) is 4.70. The molecule has 1 aliphatic heterocycles. The van der Waals surface area contributed by atoms with E-state index in [1.54, 1.807) is 11.3 Å². The van der Waals surface area contributed by atoms with Crippen LogP contribution in [0.5, 0.6) is 5.75 Å². The average molecular weight is 723 g/mol. The number of aromatic nitrogens is 2. The molecule has 4 heterocycles. The first-order valence-corrected chi connectivity index (χ1v) is 19.5. The monoisotopic (exact) mass is 722 g/mol. The van der Waals surface area contributed by atoms with E-state index in [-0.39, 0.29) is 6.10 Å². The summed E-state index contributed by atoms with van der Waals surface area (Å²) in [6, 6.07) is 53.4. The lowest BCUT2D eigenvalue weighted by Crippen LogP contribution is -2.15. The summed E-state index contributed by atoms with van der Waals surface area (Å²) in [6.45, 7) is 0. The van der Waals surface area contributed by atoms with Crippen LogP contribution in [-0.2, 0) is 0 Å². The molecule has 1 aliphatic carbocycles. The Morgan fingerprint density at radius 1 is 0.564 bits per heavy atom. The normalized spacial score (nSPS) is 15.0. The summed E-state index contributed by atoms with van der Waals surface area (Å²) in [5, 5.41) is 5.63. The Hall–Kier alpha value is -6.82. The van der Waals surface area contributed by atoms with Gasteiger partial charge in [0, 0.05) is 38.4 Å². The first-order valence-electron chi connectivity index (χ1n) is 18.6. The van der Waals surface area contributed by atoms with Crippen LogP contribution in [0.4, 0.5) is 0 Å². The number of benzene rings is 7. The third-order valence-electron chi connectivity index (χ3n) is 11.2. The number of thiophene rings is 1. The molecular weight excluding hydrogens is 693 g/mol. The van der Waals surface area contributed by atoms with Crippen LogP contribution in [0.3, 0.4) is 0 Å². The Balaban J connectivity index is 1.06. The van der Waals surface area contributed by atoms with Gasteiger partial charge in [-0.3, -0.25) is 0 Å². The van der Waals surface area contributed by atoms with E-state index in [4.69, 9.17) is 19.1 Å². The maximum absolute atomic E-state index is 6.96. The molecule has 10 aromatic rings. The van der Waals surface area contributed by atoms with E-state index in [2.05, 4.69) is 158 Å². The summed E-state index contributed by atoms with van der Waals surface area (Å²) in [5.41, 5.74) is 12.6. The van der Waals surface area contributed by atoms with Crippen molar-refractivity contribution in [2.24, 2.45) is 0 Å². The van der Waals surface area contributed by atoms with Crippen molar-refractivity contribution in [1.82, 2.24) is 9.97 Å². The van der Waals surface area contributed by atoms with Gasteiger partial charge in [-0.2, -0.15) is 0 Å². The Morgan fingerprint density at radius 3 is 2.22 bits per heavy atom. The minimum absolute atomic E-state index is 0.0464. The Bertz CT molecular complexity index is 3280. The van der Waals surface area contributed by atoms with Crippen LogP contribution < -0.4 is 4.74 Å². The van der Waals surface area contributed by atoms with Crippen LogP contribution in [0.15, 0.2) is 168 Å². The standard InChI is InChI=1S/C50H30N2O2S/c1-2-12-29(13-3-1)30-14-10-15-31(26-30)40-28-43-45(36-18-5-4-16-33(36)40)38-20-11-21-39(48(38)54-43)50-51-46(49-47(52-50)37-19-7-9-23-44(37)55-49)32-24-25-35-34-17-6-8-22-41(34)53-42(35)27-32/h1-26,28,42H,27H2. The largest absolute Gasteiger partial charge is 0.485 e. The first-order chi connectivity index (χ1) is 27.2. The van der Waals surface area contributed by atoms with Gasteiger partial charge in [0.1, 0.15) is 23.0 Å². The van der Waals surface area contributed by atoms with Crippen molar-refractivity contribution in [2.75, 3.05) is 0 Å². The number of nitrogens with zero attached hydrogens (tertiary/aromatic N) is 2. The van der Waals surface area contributed by atoms with Gasteiger partial charge in [-0.15, -0.1) is 11.3 Å². The molecule has 3 aromatic heterocycles. The molecule has 0 spiro atoms. The van der Waals surface area contributed by atoms with Crippen molar-refractivity contribution in [3.63, 3.8) is 0 Å². The second-order valence-corrected chi connectivity index (χ2v) is 15.4. The molecule has 4 nitrogen and oxygen atoms in total. The maximum Gasteiger partial charge on any atom is 0.164 e. The van der Waals surface area contributed by atoms with Crippen molar-refractivity contribution >= 4 is 75.5 Å². The zero-order valence-corrected chi connectivity index (χ0v) is 30.3. The van der Waals surface area contributed by atoms with Crippen molar-refractivity contribution < 1.29 is 9.15 Å². The van der Waals surface area contributed by atoms with Crippen molar-refractivity contribution in [1.29, 1.82) is 0 Å². The lowest BCUT2D eigenvalue weighted by molar-refractivity contribution is 0.281. The minimum atomic E-state index is -0.0464. The van der Waals surface area contributed by atoms with E-state index in [1.807, 2.05) is 6.07 Å². The number of hydrogen-bond acceptors (Lipinski definition) is 5. The van der Waals surface area contributed by atoms with E-state index >= 15 is 0 Å². The van der Waals surface area contributed by atoms with Crippen LogP contribution in [0.1, 0.15) is 17.7 Å². The molecule has 7 aromatic carbocycles. The number of fused-ring (bicyclic) bond motifs is 11. The second-order valence-electron chi connectivity index (χ2n) is 14.4. The molecule has 0 amide bonds. The molecule has 258 valence electrons. The number of allylic oxidation sites excluding steroid dienone is 2. The van der Waals surface area contributed by atoms with E-state index in [0.29, 0.717) is 5.82 Å². The van der Waals surface area contributed by atoms with Crippen LogP contribution in [0.25, 0.3) is 97.8 Å². The summed E-state index contributed by atoms with van der Waals surface area (Å²) in [4.78, 5) is 10.8. The van der Waals surface area contributed by atoms with Gasteiger partial charge < -0.3 is 9.15 Å². The first kappa shape index (κ1) is 30.6. The molecule has 55 heavy (non-hydrogen) atoms. The van der Waals surface area contributed by atoms with Gasteiger partial charge >= 0.3 is 0 Å². The number of hydrogen-bond donors (Lipinski definition) is 0. The zero-order chi connectivity index (χ0) is 36.0. The van der Waals surface area contributed by atoms with E-state index in [1.165, 1.54) is 32.3 Å². The lowest BCUT2D eigenvalue weighted by atomic mass is 9.91. The smallest absolute Gasteiger partial charge is 0.164 e. The minimum Gasteiger partial charge on any atom is -0.485 e. The highest BCUT2D eigenvalue weighted by atomic mass is 32.1. The van der Waals surface area contributed by atoms with Crippen LogP contribution in [-0.4, -0.2) is 16.1 Å². The fourth-order valence-corrected chi connectivity index (χ4v) is 9.85. The van der Waals surface area contributed by atoms with Crippen molar-refractivity contribution in [3.05, 3.63) is 175 Å². The number of para-hydroxylation sites is 2. The predicted molar refractivity (Wildman–Crippen MR) is 227 cm³/mol. The average Bonchev–Trinajstić information content (AvgIpc) is 3.94. The summed E-state index contributed by atoms with van der Waals surface area (Å²) in [7, 11) is 0. The predicted octanol–water partition coefficient (Wildman–Crippen LogP) is 13.5. The summed E-state index contributed by atoms with van der Waals surface area (Å²) in [5.74, 6) is 1.60. The Labute approximate surface area is 320 Å². The highest BCUT2D eigenvalue weighted by Crippen LogP contribution is 2.47. The molecule has 0 saturated heterocycles. The van der Waals surface area contributed by atoms with E-state index in [0.717, 1.165) is 83.1 Å². The highest BCUT2D eigenvalue weighted by molar-refractivity contribution is 7.26. The topological polar surface area (TPSA) is 48.2 Å². The lowest BCUT2D eigenvalue weighted by Gasteiger charge is -2.19. The molecular formula is C50H30N2O2S. The van der Waals surface area contributed by atoms with Crippen LogP contribution in [0, 0.1) is 0 Å². The quantitative estimate of drug-likeness (QED) is 0.181. The molecule has 2 aliphatic rings. The summed E-state index contributed by atoms with van der Waals surface area (Å²) in [6.07, 6.45) is 5.13.